The average molecular weight is 399 g/mol. The molecule has 0 aliphatic heterocycles. The minimum absolute atomic E-state index is 0.195. The predicted molar refractivity (Wildman–Crippen MR) is 113 cm³/mol. The van der Waals surface area contributed by atoms with Crippen molar-refractivity contribution in [2.24, 2.45) is 0 Å². The third-order valence-corrected chi connectivity index (χ3v) is 4.44. The van der Waals surface area contributed by atoms with Crippen molar-refractivity contribution in [3.05, 3.63) is 59.2 Å². The van der Waals surface area contributed by atoms with Gasteiger partial charge in [-0.2, -0.15) is 0 Å². The first-order valence-corrected chi connectivity index (χ1v) is 9.85. The van der Waals surface area contributed by atoms with Gasteiger partial charge in [-0.25, -0.2) is 0 Å². The summed E-state index contributed by atoms with van der Waals surface area (Å²) in [7, 11) is 0. The van der Waals surface area contributed by atoms with E-state index in [4.69, 9.17) is 9.47 Å². The number of carbonyl (C=O) groups is 2. The van der Waals surface area contributed by atoms with Gasteiger partial charge in [-0.1, -0.05) is 50.6 Å². The number of nitrogens with one attached hydrogen (secondary N) is 2. The molecule has 0 aromatic heterocycles. The first-order valence-electron chi connectivity index (χ1n) is 9.85. The number of hydrogen-bond acceptors (Lipinski definition) is 4. The normalized spacial score (nSPS) is 11.7. The van der Waals surface area contributed by atoms with E-state index < -0.39 is 17.9 Å². The van der Waals surface area contributed by atoms with Crippen LogP contribution in [0.3, 0.4) is 0 Å². The Morgan fingerprint density at radius 1 is 0.966 bits per heavy atom. The summed E-state index contributed by atoms with van der Waals surface area (Å²) in [4.78, 5) is 24.4. The molecule has 0 fully saturated rings. The predicted octanol–water partition coefficient (Wildman–Crippen LogP) is 3.81. The van der Waals surface area contributed by atoms with Crippen LogP contribution in [0.2, 0.25) is 0 Å². The van der Waals surface area contributed by atoms with Gasteiger partial charge in [0.15, 0.2) is 12.7 Å². The van der Waals surface area contributed by atoms with Gasteiger partial charge in [-0.15, -0.1) is 0 Å². The summed E-state index contributed by atoms with van der Waals surface area (Å²) in [5.41, 5.74) is 7.98. The van der Waals surface area contributed by atoms with E-state index in [-0.39, 0.29) is 12.5 Å². The molecule has 0 spiro atoms. The zero-order chi connectivity index (χ0) is 21.4. The highest BCUT2D eigenvalue weighted by atomic mass is 16.5. The van der Waals surface area contributed by atoms with Gasteiger partial charge in [-0.3, -0.25) is 20.4 Å². The summed E-state index contributed by atoms with van der Waals surface area (Å²) in [5, 5.41) is 0. The standard InChI is InChI=1S/C23H30N2O4/c1-6-20(29-18-10-7-16(4)8-11-18)23(27)25-24-22(26)14-28-21-13-17(5)9-12-19(21)15(2)3/h7-13,15,20H,6,14H2,1-5H3,(H,24,26)(H,25,27)/t20-/m1/s1. The Balaban J connectivity index is 1.85. The van der Waals surface area contributed by atoms with Crippen LogP contribution in [0, 0.1) is 13.8 Å². The highest BCUT2D eigenvalue weighted by Gasteiger charge is 2.19. The molecule has 6 nitrogen and oxygen atoms in total. The lowest BCUT2D eigenvalue weighted by Gasteiger charge is -2.18. The van der Waals surface area contributed by atoms with Gasteiger partial charge in [-0.05, 0) is 55.5 Å². The van der Waals surface area contributed by atoms with E-state index in [9.17, 15) is 9.59 Å². The molecule has 2 aromatic rings. The molecule has 0 aliphatic carbocycles. The van der Waals surface area contributed by atoms with Crippen molar-refractivity contribution in [2.45, 2.75) is 53.1 Å². The summed E-state index contributed by atoms with van der Waals surface area (Å²) in [6.07, 6.45) is -0.240. The number of hydrogen-bond donors (Lipinski definition) is 2. The zero-order valence-corrected chi connectivity index (χ0v) is 17.7. The molecular formula is C23H30N2O4. The smallest absolute Gasteiger partial charge is 0.279 e. The Hall–Kier alpha value is -3.02. The average Bonchev–Trinajstić information content (AvgIpc) is 2.69. The monoisotopic (exact) mass is 398 g/mol. The van der Waals surface area contributed by atoms with Gasteiger partial charge in [0.05, 0.1) is 0 Å². The molecule has 156 valence electrons. The van der Waals surface area contributed by atoms with Gasteiger partial charge in [0.25, 0.3) is 11.8 Å². The Kier molecular flexibility index (Phi) is 8.07. The largest absolute Gasteiger partial charge is 0.483 e. The van der Waals surface area contributed by atoms with E-state index in [0.717, 1.165) is 16.7 Å². The van der Waals surface area contributed by atoms with Crippen molar-refractivity contribution < 1.29 is 19.1 Å². The van der Waals surface area contributed by atoms with Crippen LogP contribution in [0.25, 0.3) is 0 Å². The number of ether oxygens (including phenoxy) is 2. The lowest BCUT2D eigenvalue weighted by atomic mass is 10.0. The minimum Gasteiger partial charge on any atom is -0.483 e. The van der Waals surface area contributed by atoms with Crippen LogP contribution in [0.15, 0.2) is 42.5 Å². The fourth-order valence-corrected chi connectivity index (χ4v) is 2.74. The van der Waals surface area contributed by atoms with E-state index in [1.165, 1.54) is 0 Å². The Bertz CT molecular complexity index is 831. The quantitative estimate of drug-likeness (QED) is 0.663. The fraction of sp³-hybridized carbons (Fsp3) is 0.391. The number of rotatable bonds is 8. The molecule has 0 unspecified atom stereocenters. The number of amides is 2. The molecule has 1 atom stereocenters. The van der Waals surface area contributed by atoms with E-state index >= 15 is 0 Å². The number of carbonyl (C=O) groups excluding carboxylic acids is 2. The van der Waals surface area contributed by atoms with Gasteiger partial charge in [0.2, 0.25) is 0 Å². The van der Waals surface area contributed by atoms with Crippen LogP contribution >= 0.6 is 0 Å². The van der Waals surface area contributed by atoms with Crippen LogP contribution < -0.4 is 20.3 Å². The SMILES string of the molecule is CC[C@@H](Oc1ccc(C)cc1)C(=O)NNC(=O)COc1cc(C)ccc1C(C)C. The fourth-order valence-electron chi connectivity index (χ4n) is 2.74. The molecule has 2 rings (SSSR count). The maximum Gasteiger partial charge on any atom is 0.279 e. The van der Waals surface area contributed by atoms with Crippen molar-refractivity contribution >= 4 is 11.8 Å². The molecule has 0 heterocycles. The van der Waals surface area contributed by atoms with Crippen molar-refractivity contribution in [1.82, 2.24) is 10.9 Å². The van der Waals surface area contributed by atoms with Crippen molar-refractivity contribution in [2.75, 3.05) is 6.61 Å². The first kappa shape index (κ1) is 22.3. The Labute approximate surface area is 172 Å². The van der Waals surface area contributed by atoms with Crippen molar-refractivity contribution in [3.63, 3.8) is 0 Å². The molecule has 0 bridgehead atoms. The summed E-state index contributed by atoms with van der Waals surface area (Å²) >= 11 is 0. The Morgan fingerprint density at radius 2 is 1.62 bits per heavy atom. The molecule has 0 aliphatic rings. The van der Waals surface area contributed by atoms with Crippen molar-refractivity contribution in [3.8, 4) is 11.5 Å². The van der Waals surface area contributed by atoms with Gasteiger partial charge >= 0.3 is 0 Å². The first-order chi connectivity index (χ1) is 13.8. The molecule has 2 aromatic carbocycles. The summed E-state index contributed by atoms with van der Waals surface area (Å²) < 4.78 is 11.4. The molecule has 29 heavy (non-hydrogen) atoms. The highest BCUT2D eigenvalue weighted by molar-refractivity contribution is 5.85. The molecule has 2 N–H and O–H groups in total. The molecule has 0 radical (unpaired) electrons. The maximum absolute atomic E-state index is 12.3. The van der Waals surface area contributed by atoms with Crippen molar-refractivity contribution in [1.29, 1.82) is 0 Å². The Morgan fingerprint density at radius 3 is 2.24 bits per heavy atom. The third-order valence-electron chi connectivity index (χ3n) is 4.44. The zero-order valence-electron chi connectivity index (χ0n) is 17.7. The summed E-state index contributed by atoms with van der Waals surface area (Å²) in [5.74, 6) is 0.695. The van der Waals surface area contributed by atoms with E-state index in [1.807, 2.05) is 63.2 Å². The topological polar surface area (TPSA) is 76.7 Å². The number of benzene rings is 2. The summed E-state index contributed by atoms with van der Waals surface area (Å²) in [6.45, 7) is 9.73. The van der Waals surface area contributed by atoms with Gasteiger partial charge in [0, 0.05) is 0 Å². The second-order valence-electron chi connectivity index (χ2n) is 7.35. The minimum atomic E-state index is -0.705. The third kappa shape index (κ3) is 6.82. The second-order valence-corrected chi connectivity index (χ2v) is 7.35. The van der Waals surface area contributed by atoms with Crippen LogP contribution in [0.1, 0.15) is 49.8 Å². The lowest BCUT2D eigenvalue weighted by Crippen LogP contribution is -2.49. The highest BCUT2D eigenvalue weighted by Crippen LogP contribution is 2.27. The van der Waals surface area contributed by atoms with Crippen LogP contribution in [-0.2, 0) is 9.59 Å². The maximum atomic E-state index is 12.3. The second kappa shape index (κ2) is 10.5. The molecule has 0 saturated heterocycles. The van der Waals surface area contributed by atoms with Gasteiger partial charge < -0.3 is 9.47 Å². The van der Waals surface area contributed by atoms with E-state index in [1.54, 1.807) is 0 Å². The number of hydrazine groups is 1. The summed E-state index contributed by atoms with van der Waals surface area (Å²) in [6, 6.07) is 13.4. The molecule has 6 heteroatoms. The van der Waals surface area contributed by atoms with E-state index in [2.05, 4.69) is 24.7 Å². The van der Waals surface area contributed by atoms with E-state index in [0.29, 0.717) is 17.9 Å². The van der Waals surface area contributed by atoms with Crippen LogP contribution in [0.4, 0.5) is 0 Å². The lowest BCUT2D eigenvalue weighted by molar-refractivity contribution is -0.134. The molecule has 2 amide bonds. The molecular weight excluding hydrogens is 368 g/mol. The van der Waals surface area contributed by atoms with Crippen LogP contribution in [-0.4, -0.2) is 24.5 Å². The molecule has 0 saturated carbocycles. The number of aryl methyl sites for hydroxylation is 2. The van der Waals surface area contributed by atoms with Crippen LogP contribution in [0.5, 0.6) is 11.5 Å². The van der Waals surface area contributed by atoms with Gasteiger partial charge in [0.1, 0.15) is 11.5 Å².